The van der Waals surface area contributed by atoms with Crippen LogP contribution >= 0.6 is 27.3 Å². The van der Waals surface area contributed by atoms with Crippen molar-refractivity contribution in [2.24, 2.45) is 0 Å². The number of nitrogens with zero attached hydrogens (tertiary/aromatic N) is 2. The van der Waals surface area contributed by atoms with Crippen molar-refractivity contribution in [2.75, 3.05) is 12.0 Å². The fraction of sp³-hybridized carbons (Fsp3) is 0.167. The lowest BCUT2D eigenvalue weighted by atomic mass is 10.2. The van der Waals surface area contributed by atoms with Crippen LogP contribution in [-0.2, 0) is 6.54 Å². The Morgan fingerprint density at radius 3 is 2.63 bits per heavy atom. The average Bonchev–Trinajstić information content (AvgIpc) is 2.82. The Bertz CT molecular complexity index is 571. The SMILES string of the molecule is COc1ccc(CN(C(=O)O)c2ncc(Br)s2)cc1. The highest BCUT2D eigenvalue weighted by Crippen LogP contribution is 2.28. The molecule has 2 aromatic rings. The molecule has 0 spiro atoms. The van der Waals surface area contributed by atoms with Gasteiger partial charge in [0.25, 0.3) is 0 Å². The predicted octanol–water partition coefficient (Wildman–Crippen LogP) is 3.60. The summed E-state index contributed by atoms with van der Waals surface area (Å²) >= 11 is 4.55. The van der Waals surface area contributed by atoms with Gasteiger partial charge in [0.2, 0.25) is 0 Å². The summed E-state index contributed by atoms with van der Waals surface area (Å²) in [6.45, 7) is 0.249. The molecule has 0 radical (unpaired) electrons. The van der Waals surface area contributed by atoms with E-state index in [1.807, 2.05) is 12.1 Å². The number of benzene rings is 1. The standard InChI is InChI=1S/C12H11BrN2O3S/c1-18-9-4-2-8(3-5-9)7-15(12(16)17)11-14-6-10(13)19-11/h2-6H,7H2,1H3,(H,16,17). The van der Waals surface area contributed by atoms with E-state index in [1.165, 1.54) is 16.2 Å². The van der Waals surface area contributed by atoms with E-state index in [2.05, 4.69) is 20.9 Å². The van der Waals surface area contributed by atoms with Crippen LogP contribution in [0.5, 0.6) is 5.75 Å². The molecule has 0 aliphatic heterocycles. The molecule has 7 heteroatoms. The second-order valence-corrected chi connectivity index (χ2v) is 6.05. The number of hydrogen-bond acceptors (Lipinski definition) is 4. The fourth-order valence-corrected chi connectivity index (χ4v) is 2.68. The van der Waals surface area contributed by atoms with Gasteiger partial charge >= 0.3 is 6.09 Å². The van der Waals surface area contributed by atoms with Crippen LogP contribution < -0.4 is 9.64 Å². The highest BCUT2D eigenvalue weighted by atomic mass is 79.9. The van der Waals surface area contributed by atoms with E-state index in [4.69, 9.17) is 4.74 Å². The van der Waals surface area contributed by atoms with Crippen LogP contribution in [0.15, 0.2) is 34.2 Å². The van der Waals surface area contributed by atoms with Crippen molar-refractivity contribution < 1.29 is 14.6 Å². The molecule has 1 aromatic heterocycles. The fourth-order valence-electron chi connectivity index (χ4n) is 1.50. The van der Waals surface area contributed by atoms with Crippen molar-refractivity contribution in [3.8, 4) is 5.75 Å². The minimum absolute atomic E-state index is 0.249. The van der Waals surface area contributed by atoms with Crippen molar-refractivity contribution in [2.45, 2.75) is 6.54 Å². The Labute approximate surface area is 122 Å². The van der Waals surface area contributed by atoms with Crippen LogP contribution in [-0.4, -0.2) is 23.3 Å². The first-order valence-corrected chi connectivity index (χ1v) is 6.96. The highest BCUT2D eigenvalue weighted by molar-refractivity contribution is 9.11. The van der Waals surface area contributed by atoms with Crippen LogP contribution in [0.1, 0.15) is 5.56 Å². The number of amides is 1. The number of thiazole rings is 1. The number of anilines is 1. The van der Waals surface area contributed by atoms with E-state index >= 15 is 0 Å². The lowest BCUT2D eigenvalue weighted by molar-refractivity contribution is 0.201. The van der Waals surface area contributed by atoms with Crippen molar-refractivity contribution >= 4 is 38.5 Å². The Hall–Kier alpha value is -1.60. The van der Waals surface area contributed by atoms with E-state index in [1.54, 1.807) is 25.4 Å². The summed E-state index contributed by atoms with van der Waals surface area (Å²) in [5.74, 6) is 0.739. The molecule has 0 bridgehead atoms. The van der Waals surface area contributed by atoms with Crippen LogP contribution in [0, 0.1) is 0 Å². The summed E-state index contributed by atoms with van der Waals surface area (Å²) in [4.78, 5) is 16.6. The molecule has 0 saturated heterocycles. The molecular weight excluding hydrogens is 332 g/mol. The monoisotopic (exact) mass is 342 g/mol. The summed E-state index contributed by atoms with van der Waals surface area (Å²) < 4.78 is 5.86. The van der Waals surface area contributed by atoms with Gasteiger partial charge < -0.3 is 9.84 Å². The van der Waals surface area contributed by atoms with Gasteiger partial charge in [-0.05, 0) is 33.6 Å². The molecule has 19 heavy (non-hydrogen) atoms. The smallest absolute Gasteiger partial charge is 0.413 e. The molecule has 1 N–H and O–H groups in total. The molecule has 2 rings (SSSR count). The zero-order valence-electron chi connectivity index (χ0n) is 10.0. The van der Waals surface area contributed by atoms with E-state index in [0.29, 0.717) is 5.13 Å². The quantitative estimate of drug-likeness (QED) is 0.921. The third kappa shape index (κ3) is 3.45. The molecule has 0 saturated carbocycles. The average molecular weight is 343 g/mol. The number of halogens is 1. The largest absolute Gasteiger partial charge is 0.497 e. The maximum atomic E-state index is 11.3. The van der Waals surface area contributed by atoms with Crippen LogP contribution in [0.4, 0.5) is 9.93 Å². The minimum atomic E-state index is -1.03. The van der Waals surface area contributed by atoms with Gasteiger partial charge in [-0.2, -0.15) is 0 Å². The number of methoxy groups -OCH3 is 1. The number of hydrogen-bond donors (Lipinski definition) is 1. The Morgan fingerprint density at radius 2 is 2.16 bits per heavy atom. The predicted molar refractivity (Wildman–Crippen MR) is 77.0 cm³/mol. The van der Waals surface area contributed by atoms with Crippen molar-refractivity contribution in [3.05, 3.63) is 39.8 Å². The Balaban J connectivity index is 2.18. The number of aromatic nitrogens is 1. The lowest BCUT2D eigenvalue weighted by Crippen LogP contribution is -2.28. The first kappa shape index (κ1) is 13.8. The number of carbonyl (C=O) groups is 1. The molecule has 0 aliphatic rings. The summed E-state index contributed by atoms with van der Waals surface area (Å²) in [5, 5.41) is 9.69. The third-order valence-electron chi connectivity index (χ3n) is 2.43. The topological polar surface area (TPSA) is 62.7 Å². The van der Waals surface area contributed by atoms with Gasteiger partial charge in [0, 0.05) is 0 Å². The first-order chi connectivity index (χ1) is 9.10. The Morgan fingerprint density at radius 1 is 1.47 bits per heavy atom. The van der Waals surface area contributed by atoms with Gasteiger partial charge in [-0.15, -0.1) is 0 Å². The second-order valence-electron chi connectivity index (χ2n) is 3.66. The van der Waals surface area contributed by atoms with Crippen LogP contribution in [0.25, 0.3) is 0 Å². The maximum absolute atomic E-state index is 11.3. The zero-order valence-corrected chi connectivity index (χ0v) is 12.4. The van der Waals surface area contributed by atoms with E-state index in [9.17, 15) is 9.90 Å². The molecule has 5 nitrogen and oxygen atoms in total. The van der Waals surface area contributed by atoms with E-state index in [0.717, 1.165) is 15.1 Å². The minimum Gasteiger partial charge on any atom is -0.497 e. The van der Waals surface area contributed by atoms with Gasteiger partial charge in [-0.1, -0.05) is 23.5 Å². The van der Waals surface area contributed by atoms with E-state index < -0.39 is 6.09 Å². The molecular formula is C12H11BrN2O3S. The lowest BCUT2D eigenvalue weighted by Gasteiger charge is -2.16. The van der Waals surface area contributed by atoms with Gasteiger partial charge in [0.15, 0.2) is 5.13 Å². The first-order valence-electron chi connectivity index (χ1n) is 5.35. The van der Waals surface area contributed by atoms with Gasteiger partial charge in [-0.3, -0.25) is 0 Å². The van der Waals surface area contributed by atoms with Crippen molar-refractivity contribution in [1.29, 1.82) is 0 Å². The summed E-state index contributed by atoms with van der Waals surface area (Å²) in [6, 6.07) is 7.26. The highest BCUT2D eigenvalue weighted by Gasteiger charge is 2.18. The maximum Gasteiger partial charge on any atom is 0.413 e. The zero-order chi connectivity index (χ0) is 13.8. The third-order valence-corrected chi connectivity index (χ3v) is 3.93. The number of rotatable bonds is 4. The molecule has 0 aliphatic carbocycles. The van der Waals surface area contributed by atoms with Crippen LogP contribution in [0.3, 0.4) is 0 Å². The summed E-state index contributed by atoms with van der Waals surface area (Å²) in [6.07, 6.45) is 0.557. The molecule has 0 unspecified atom stereocenters. The van der Waals surface area contributed by atoms with Crippen molar-refractivity contribution in [1.82, 2.24) is 4.98 Å². The van der Waals surface area contributed by atoms with Crippen molar-refractivity contribution in [3.63, 3.8) is 0 Å². The summed E-state index contributed by atoms with van der Waals surface area (Å²) in [7, 11) is 1.59. The van der Waals surface area contributed by atoms with Gasteiger partial charge in [0.05, 0.1) is 23.6 Å². The van der Waals surface area contributed by atoms with E-state index in [-0.39, 0.29) is 6.54 Å². The van der Waals surface area contributed by atoms with Gasteiger partial charge in [-0.25, -0.2) is 14.7 Å². The normalized spacial score (nSPS) is 10.2. The second kappa shape index (κ2) is 6.03. The molecule has 0 fully saturated rings. The Kier molecular flexibility index (Phi) is 4.39. The molecule has 100 valence electrons. The molecule has 1 aromatic carbocycles. The number of carboxylic acid groups (broad SMARTS) is 1. The van der Waals surface area contributed by atoms with Crippen LogP contribution in [0.2, 0.25) is 0 Å². The molecule has 1 heterocycles. The summed E-state index contributed by atoms with van der Waals surface area (Å²) in [5.41, 5.74) is 0.870. The molecule has 0 atom stereocenters. The molecule has 1 amide bonds. The van der Waals surface area contributed by atoms with Gasteiger partial charge in [0.1, 0.15) is 5.75 Å². The number of ether oxygens (including phenoxy) is 1.